The van der Waals surface area contributed by atoms with Gasteiger partial charge < -0.3 is 10.5 Å². The molecule has 0 radical (unpaired) electrons. The second kappa shape index (κ2) is 5.62. The van der Waals surface area contributed by atoms with Gasteiger partial charge in [-0.1, -0.05) is 0 Å². The van der Waals surface area contributed by atoms with E-state index in [4.69, 9.17) is 10.5 Å². The van der Waals surface area contributed by atoms with Crippen LogP contribution in [0.5, 0.6) is 0 Å². The lowest BCUT2D eigenvalue weighted by Crippen LogP contribution is -2.09. The number of nitrogen functional groups attached to an aromatic ring is 1. The van der Waals surface area contributed by atoms with E-state index in [1.165, 1.54) is 6.07 Å². The SMILES string of the molecule is CCOC(=O)c1nc(C)n(-c2ccc(F)c(Br)c2)c1N. The number of anilines is 1. The fourth-order valence-electron chi connectivity index (χ4n) is 1.85. The first-order valence-electron chi connectivity index (χ1n) is 5.93. The van der Waals surface area contributed by atoms with Crippen LogP contribution in [0.15, 0.2) is 22.7 Å². The number of benzene rings is 1. The van der Waals surface area contributed by atoms with Crippen LogP contribution in [0.3, 0.4) is 0 Å². The summed E-state index contributed by atoms with van der Waals surface area (Å²) in [6, 6.07) is 4.43. The molecule has 0 unspecified atom stereocenters. The van der Waals surface area contributed by atoms with Gasteiger partial charge in [-0.05, 0) is 48.0 Å². The Bertz CT molecular complexity index is 670. The van der Waals surface area contributed by atoms with Crippen LogP contribution in [-0.2, 0) is 4.74 Å². The Morgan fingerprint density at radius 1 is 1.55 bits per heavy atom. The van der Waals surface area contributed by atoms with E-state index < -0.39 is 5.97 Å². The second-order valence-corrected chi connectivity index (χ2v) is 4.90. The third kappa shape index (κ3) is 2.53. The summed E-state index contributed by atoms with van der Waals surface area (Å²) in [4.78, 5) is 15.8. The summed E-state index contributed by atoms with van der Waals surface area (Å²) in [5.41, 5.74) is 6.61. The number of nitrogens with zero attached hydrogens (tertiary/aromatic N) is 2. The van der Waals surface area contributed by atoms with Crippen molar-refractivity contribution in [3.8, 4) is 5.69 Å². The molecule has 0 bridgehead atoms. The van der Waals surface area contributed by atoms with E-state index in [9.17, 15) is 9.18 Å². The summed E-state index contributed by atoms with van der Waals surface area (Å²) >= 11 is 3.11. The monoisotopic (exact) mass is 341 g/mol. The molecule has 1 aromatic heterocycles. The molecule has 2 rings (SSSR count). The number of hydrogen-bond acceptors (Lipinski definition) is 4. The Balaban J connectivity index is 2.52. The standard InChI is InChI=1S/C13H13BrFN3O2/c1-3-20-13(19)11-12(16)18(7(2)17-11)8-4-5-10(15)9(14)6-8/h4-6H,3,16H2,1-2H3. The number of nitrogens with two attached hydrogens (primary N) is 1. The zero-order valence-corrected chi connectivity index (χ0v) is 12.6. The Kier molecular flexibility index (Phi) is 4.08. The molecule has 0 aliphatic heterocycles. The lowest BCUT2D eigenvalue weighted by atomic mass is 10.3. The van der Waals surface area contributed by atoms with E-state index in [-0.39, 0.29) is 23.9 Å². The van der Waals surface area contributed by atoms with Crippen LogP contribution in [-0.4, -0.2) is 22.1 Å². The number of halogens is 2. The average Bonchev–Trinajstić information content (AvgIpc) is 2.69. The molecule has 5 nitrogen and oxygen atoms in total. The van der Waals surface area contributed by atoms with Crippen LogP contribution in [0, 0.1) is 12.7 Å². The number of hydrogen-bond donors (Lipinski definition) is 1. The van der Waals surface area contributed by atoms with Gasteiger partial charge in [-0.25, -0.2) is 14.2 Å². The molecule has 2 aromatic rings. The van der Waals surface area contributed by atoms with Crippen molar-refractivity contribution >= 4 is 27.7 Å². The molecule has 0 saturated carbocycles. The molecular formula is C13H13BrFN3O2. The topological polar surface area (TPSA) is 70.1 Å². The van der Waals surface area contributed by atoms with Gasteiger partial charge >= 0.3 is 5.97 Å². The molecule has 0 atom stereocenters. The van der Waals surface area contributed by atoms with Gasteiger partial charge in [-0.2, -0.15) is 0 Å². The first-order valence-corrected chi connectivity index (χ1v) is 6.72. The number of imidazole rings is 1. The number of carbonyl (C=O) groups is 1. The second-order valence-electron chi connectivity index (χ2n) is 4.05. The molecule has 0 saturated heterocycles. The molecule has 1 heterocycles. The molecule has 7 heteroatoms. The fraction of sp³-hybridized carbons (Fsp3) is 0.231. The van der Waals surface area contributed by atoms with Gasteiger partial charge in [0, 0.05) is 0 Å². The molecule has 106 valence electrons. The number of esters is 1. The highest BCUT2D eigenvalue weighted by Gasteiger charge is 2.20. The van der Waals surface area contributed by atoms with Crippen molar-refractivity contribution < 1.29 is 13.9 Å². The third-order valence-electron chi connectivity index (χ3n) is 2.71. The third-order valence-corrected chi connectivity index (χ3v) is 3.32. The van der Waals surface area contributed by atoms with Crippen molar-refractivity contribution in [3.63, 3.8) is 0 Å². The van der Waals surface area contributed by atoms with E-state index in [0.29, 0.717) is 16.0 Å². The van der Waals surface area contributed by atoms with Gasteiger partial charge in [0.1, 0.15) is 17.5 Å². The highest BCUT2D eigenvalue weighted by molar-refractivity contribution is 9.10. The molecular weight excluding hydrogens is 329 g/mol. The average molecular weight is 342 g/mol. The van der Waals surface area contributed by atoms with E-state index in [1.54, 1.807) is 30.5 Å². The lowest BCUT2D eigenvalue weighted by molar-refractivity contribution is 0.0521. The predicted molar refractivity (Wildman–Crippen MR) is 76.3 cm³/mol. The first kappa shape index (κ1) is 14.5. The lowest BCUT2D eigenvalue weighted by Gasteiger charge is -2.08. The Morgan fingerprint density at radius 2 is 2.25 bits per heavy atom. The molecule has 1 aromatic carbocycles. The van der Waals surface area contributed by atoms with Crippen LogP contribution < -0.4 is 5.73 Å². The predicted octanol–water partition coefficient (Wildman–Crippen LogP) is 2.84. The molecule has 0 spiro atoms. The van der Waals surface area contributed by atoms with Crippen molar-refractivity contribution in [2.24, 2.45) is 0 Å². The quantitative estimate of drug-likeness (QED) is 0.871. The van der Waals surface area contributed by atoms with Crippen molar-refractivity contribution in [2.45, 2.75) is 13.8 Å². The van der Waals surface area contributed by atoms with Crippen LogP contribution in [0.4, 0.5) is 10.2 Å². The summed E-state index contributed by atoms with van der Waals surface area (Å²) in [5.74, 6) is -0.271. The van der Waals surface area contributed by atoms with E-state index in [1.807, 2.05) is 0 Å². The van der Waals surface area contributed by atoms with E-state index in [2.05, 4.69) is 20.9 Å². The summed E-state index contributed by atoms with van der Waals surface area (Å²) in [6.07, 6.45) is 0. The maximum atomic E-state index is 13.3. The summed E-state index contributed by atoms with van der Waals surface area (Å²) < 4.78 is 20.0. The summed E-state index contributed by atoms with van der Waals surface area (Å²) in [6.45, 7) is 3.65. The van der Waals surface area contributed by atoms with E-state index >= 15 is 0 Å². The normalized spacial score (nSPS) is 10.6. The zero-order chi connectivity index (χ0) is 14.9. The first-order chi connectivity index (χ1) is 9.45. The Hall–Kier alpha value is -1.89. The highest BCUT2D eigenvalue weighted by Crippen LogP contribution is 2.25. The largest absolute Gasteiger partial charge is 0.461 e. The number of carbonyl (C=O) groups excluding carboxylic acids is 1. The molecule has 0 amide bonds. The number of aromatic nitrogens is 2. The molecule has 2 N–H and O–H groups in total. The van der Waals surface area contributed by atoms with Gasteiger partial charge in [0.25, 0.3) is 0 Å². The summed E-state index contributed by atoms with van der Waals surface area (Å²) in [7, 11) is 0. The van der Waals surface area contributed by atoms with Crippen molar-refractivity contribution in [1.29, 1.82) is 0 Å². The minimum atomic E-state index is -0.576. The van der Waals surface area contributed by atoms with Gasteiger partial charge in [-0.3, -0.25) is 4.57 Å². The highest BCUT2D eigenvalue weighted by atomic mass is 79.9. The fourth-order valence-corrected chi connectivity index (χ4v) is 2.22. The van der Waals surface area contributed by atoms with Crippen molar-refractivity contribution in [1.82, 2.24) is 9.55 Å². The van der Waals surface area contributed by atoms with Crippen LogP contribution >= 0.6 is 15.9 Å². The van der Waals surface area contributed by atoms with Crippen LogP contribution in [0.25, 0.3) is 5.69 Å². The molecule has 0 fully saturated rings. The Morgan fingerprint density at radius 3 is 2.85 bits per heavy atom. The maximum absolute atomic E-state index is 13.3. The number of rotatable bonds is 3. The van der Waals surface area contributed by atoms with Gasteiger partial charge in [0.05, 0.1) is 16.8 Å². The minimum Gasteiger partial charge on any atom is -0.461 e. The molecule has 0 aliphatic rings. The number of aryl methyl sites for hydroxylation is 1. The molecule has 0 aliphatic carbocycles. The van der Waals surface area contributed by atoms with Crippen LogP contribution in [0.2, 0.25) is 0 Å². The van der Waals surface area contributed by atoms with Crippen LogP contribution in [0.1, 0.15) is 23.2 Å². The molecule has 20 heavy (non-hydrogen) atoms. The van der Waals surface area contributed by atoms with Crippen molar-refractivity contribution in [3.05, 3.63) is 40.0 Å². The van der Waals surface area contributed by atoms with Gasteiger partial charge in [0.2, 0.25) is 0 Å². The van der Waals surface area contributed by atoms with Crippen molar-refractivity contribution in [2.75, 3.05) is 12.3 Å². The smallest absolute Gasteiger partial charge is 0.360 e. The minimum absolute atomic E-state index is 0.0600. The zero-order valence-electron chi connectivity index (χ0n) is 11.0. The Labute approximate surface area is 123 Å². The maximum Gasteiger partial charge on any atom is 0.360 e. The van der Waals surface area contributed by atoms with E-state index in [0.717, 1.165) is 0 Å². The van der Waals surface area contributed by atoms with Gasteiger partial charge in [-0.15, -0.1) is 0 Å². The summed E-state index contributed by atoms with van der Waals surface area (Å²) in [5, 5.41) is 0. The number of ether oxygens (including phenoxy) is 1. The van der Waals surface area contributed by atoms with Gasteiger partial charge in [0.15, 0.2) is 5.69 Å².